The largest absolute Gasteiger partial charge is 0.381 e. The molecule has 0 saturated carbocycles. The maximum absolute atomic E-state index is 5.55. The molecule has 4 heteroatoms. The summed E-state index contributed by atoms with van der Waals surface area (Å²) in [7, 11) is 0. The van der Waals surface area contributed by atoms with Gasteiger partial charge in [-0.1, -0.05) is 0 Å². The molecule has 3 rings (SSSR count). The number of piperidine rings is 1. The number of hydrogen-bond acceptors (Lipinski definition) is 3. The van der Waals surface area contributed by atoms with Crippen LogP contribution in [0.3, 0.4) is 0 Å². The Morgan fingerprint density at radius 3 is 2.85 bits per heavy atom. The molecule has 1 spiro atoms. The molecule has 0 unspecified atom stereocenters. The fraction of sp³-hybridized carbons (Fsp3) is 0.812. The first-order valence-corrected chi connectivity index (χ1v) is 8.05. The van der Waals surface area contributed by atoms with Gasteiger partial charge in [-0.2, -0.15) is 0 Å². The number of aromatic nitrogens is 2. The smallest absolute Gasteiger partial charge is 0.105 e. The number of hydrogen-bond donors (Lipinski definition) is 0. The Balaban J connectivity index is 1.47. The van der Waals surface area contributed by atoms with Crippen LogP contribution >= 0.6 is 0 Å². The van der Waals surface area contributed by atoms with E-state index in [4.69, 9.17) is 4.74 Å². The number of ether oxygens (including phenoxy) is 1. The Morgan fingerprint density at radius 1 is 1.25 bits per heavy atom. The summed E-state index contributed by atoms with van der Waals surface area (Å²) in [6.45, 7) is 8.92. The summed E-state index contributed by atoms with van der Waals surface area (Å²) in [6.07, 6.45) is 10.5. The third-order valence-electron chi connectivity index (χ3n) is 5.09. The van der Waals surface area contributed by atoms with E-state index in [0.717, 1.165) is 25.6 Å². The van der Waals surface area contributed by atoms with E-state index in [0.29, 0.717) is 5.41 Å². The number of likely N-dealkylation sites (tertiary alicyclic amines) is 1. The Hall–Kier alpha value is -0.870. The summed E-state index contributed by atoms with van der Waals surface area (Å²) < 4.78 is 7.80. The molecule has 1 aromatic heterocycles. The van der Waals surface area contributed by atoms with Gasteiger partial charge < -0.3 is 14.2 Å². The van der Waals surface area contributed by atoms with Gasteiger partial charge in [0.05, 0.1) is 0 Å². The fourth-order valence-corrected chi connectivity index (χ4v) is 3.82. The minimum absolute atomic E-state index is 0.571. The normalized spacial score (nSPS) is 23.2. The summed E-state index contributed by atoms with van der Waals surface area (Å²) in [5.74, 6) is 1.13. The lowest BCUT2D eigenvalue weighted by molar-refractivity contribution is -0.0276. The van der Waals surface area contributed by atoms with Gasteiger partial charge in [0.1, 0.15) is 5.82 Å². The van der Waals surface area contributed by atoms with Crippen LogP contribution in [0.2, 0.25) is 0 Å². The lowest BCUT2D eigenvalue weighted by atomic mass is 9.74. The molecule has 0 N–H and O–H groups in total. The van der Waals surface area contributed by atoms with Crippen LogP contribution in [0, 0.1) is 12.3 Å². The average Bonchev–Trinajstić information content (AvgIpc) is 2.86. The van der Waals surface area contributed by atoms with Gasteiger partial charge >= 0.3 is 0 Å². The van der Waals surface area contributed by atoms with E-state index >= 15 is 0 Å². The summed E-state index contributed by atoms with van der Waals surface area (Å²) in [6, 6.07) is 0. The van der Waals surface area contributed by atoms with E-state index in [9.17, 15) is 0 Å². The molecule has 2 aliphatic heterocycles. The van der Waals surface area contributed by atoms with E-state index in [-0.39, 0.29) is 0 Å². The van der Waals surface area contributed by atoms with E-state index in [1.165, 1.54) is 51.7 Å². The molecule has 0 amide bonds. The van der Waals surface area contributed by atoms with Crippen molar-refractivity contribution in [2.24, 2.45) is 5.41 Å². The first kappa shape index (κ1) is 14.1. The zero-order valence-electron chi connectivity index (χ0n) is 12.7. The zero-order valence-corrected chi connectivity index (χ0v) is 12.7. The van der Waals surface area contributed by atoms with Crippen molar-refractivity contribution in [1.29, 1.82) is 0 Å². The molecular weight excluding hydrogens is 250 g/mol. The van der Waals surface area contributed by atoms with Gasteiger partial charge in [-0.05, 0) is 57.5 Å². The van der Waals surface area contributed by atoms with Gasteiger partial charge in [0.15, 0.2) is 0 Å². The number of nitrogens with zero attached hydrogens (tertiary/aromatic N) is 3. The van der Waals surface area contributed by atoms with Crippen LogP contribution in [0.15, 0.2) is 12.4 Å². The van der Waals surface area contributed by atoms with Crippen LogP contribution in [-0.2, 0) is 11.3 Å². The van der Waals surface area contributed by atoms with E-state index in [1.807, 2.05) is 6.20 Å². The van der Waals surface area contributed by atoms with E-state index < -0.39 is 0 Å². The molecule has 0 bridgehead atoms. The molecule has 2 aliphatic rings. The van der Waals surface area contributed by atoms with Crippen LogP contribution in [0.5, 0.6) is 0 Å². The first-order valence-electron chi connectivity index (χ1n) is 8.05. The Morgan fingerprint density at radius 2 is 2.10 bits per heavy atom. The highest BCUT2D eigenvalue weighted by molar-refractivity contribution is 4.90. The molecule has 1 aromatic rings. The molecule has 2 saturated heterocycles. The molecule has 2 fully saturated rings. The van der Waals surface area contributed by atoms with Crippen LogP contribution in [-0.4, -0.2) is 47.3 Å². The second-order valence-electron chi connectivity index (χ2n) is 6.51. The maximum Gasteiger partial charge on any atom is 0.105 e. The molecule has 20 heavy (non-hydrogen) atoms. The standard InChI is InChI=1S/C16H27N3O/c1-15-17-7-11-19(15)10-3-9-18-8-2-4-16(14-18)5-12-20-13-6-16/h7,11H,2-6,8-10,12-14H2,1H3. The topological polar surface area (TPSA) is 30.3 Å². The number of imidazole rings is 1. The monoisotopic (exact) mass is 277 g/mol. The van der Waals surface area contributed by atoms with Crippen molar-refractivity contribution in [2.75, 3.05) is 32.8 Å². The zero-order chi connectivity index (χ0) is 13.8. The van der Waals surface area contributed by atoms with E-state index in [2.05, 4.69) is 27.6 Å². The maximum atomic E-state index is 5.55. The molecule has 4 nitrogen and oxygen atoms in total. The van der Waals surface area contributed by atoms with Gasteiger partial charge in [-0.15, -0.1) is 0 Å². The van der Waals surface area contributed by atoms with Crippen LogP contribution in [0.1, 0.15) is 37.9 Å². The predicted molar refractivity (Wildman–Crippen MR) is 79.7 cm³/mol. The minimum Gasteiger partial charge on any atom is -0.381 e. The van der Waals surface area contributed by atoms with Crippen molar-refractivity contribution in [2.45, 2.75) is 45.6 Å². The molecular formula is C16H27N3O. The first-order chi connectivity index (χ1) is 9.77. The van der Waals surface area contributed by atoms with Gasteiger partial charge in [-0.3, -0.25) is 0 Å². The number of rotatable bonds is 4. The molecule has 0 atom stereocenters. The molecule has 0 aromatic carbocycles. The highest BCUT2D eigenvalue weighted by atomic mass is 16.5. The second-order valence-corrected chi connectivity index (χ2v) is 6.51. The summed E-state index contributed by atoms with van der Waals surface area (Å²) in [5, 5.41) is 0. The minimum atomic E-state index is 0.571. The SMILES string of the molecule is Cc1nccn1CCCN1CCCC2(CCOCC2)C1. The molecule has 3 heterocycles. The van der Waals surface area contributed by atoms with Crippen molar-refractivity contribution < 1.29 is 4.74 Å². The fourth-order valence-electron chi connectivity index (χ4n) is 3.82. The third kappa shape index (κ3) is 3.23. The lowest BCUT2D eigenvalue weighted by Gasteiger charge is -2.45. The Kier molecular flexibility index (Phi) is 4.41. The van der Waals surface area contributed by atoms with E-state index in [1.54, 1.807) is 0 Å². The van der Waals surface area contributed by atoms with Gasteiger partial charge in [0.25, 0.3) is 0 Å². The van der Waals surface area contributed by atoms with Crippen molar-refractivity contribution >= 4 is 0 Å². The lowest BCUT2D eigenvalue weighted by Crippen LogP contribution is -2.46. The predicted octanol–water partition coefficient (Wildman–Crippen LogP) is 2.47. The quantitative estimate of drug-likeness (QED) is 0.847. The van der Waals surface area contributed by atoms with Crippen LogP contribution < -0.4 is 0 Å². The van der Waals surface area contributed by atoms with Gasteiger partial charge in [-0.25, -0.2) is 4.98 Å². The number of aryl methyl sites for hydroxylation is 2. The van der Waals surface area contributed by atoms with Crippen molar-refractivity contribution in [3.8, 4) is 0 Å². The summed E-state index contributed by atoms with van der Waals surface area (Å²) in [5.41, 5.74) is 0.571. The van der Waals surface area contributed by atoms with Gasteiger partial charge in [0.2, 0.25) is 0 Å². The van der Waals surface area contributed by atoms with Gasteiger partial charge in [0, 0.05) is 38.7 Å². The molecule has 0 aliphatic carbocycles. The Labute approximate surface area is 122 Å². The highest BCUT2D eigenvalue weighted by Crippen LogP contribution is 2.39. The van der Waals surface area contributed by atoms with Crippen LogP contribution in [0.25, 0.3) is 0 Å². The third-order valence-corrected chi connectivity index (χ3v) is 5.09. The van der Waals surface area contributed by atoms with Crippen molar-refractivity contribution in [1.82, 2.24) is 14.5 Å². The highest BCUT2D eigenvalue weighted by Gasteiger charge is 2.36. The summed E-state index contributed by atoms with van der Waals surface area (Å²) in [4.78, 5) is 6.97. The average molecular weight is 277 g/mol. The van der Waals surface area contributed by atoms with Crippen molar-refractivity contribution in [3.63, 3.8) is 0 Å². The molecule has 0 radical (unpaired) electrons. The van der Waals surface area contributed by atoms with Crippen molar-refractivity contribution in [3.05, 3.63) is 18.2 Å². The summed E-state index contributed by atoms with van der Waals surface area (Å²) >= 11 is 0. The Bertz CT molecular complexity index is 418. The molecule has 112 valence electrons. The van der Waals surface area contributed by atoms with Crippen LogP contribution in [0.4, 0.5) is 0 Å². The second kappa shape index (κ2) is 6.27.